The fourth-order valence-corrected chi connectivity index (χ4v) is 2.25. The Bertz CT molecular complexity index is 304. The van der Waals surface area contributed by atoms with Crippen LogP contribution in [-0.2, 0) is 0 Å². The molecule has 15 heavy (non-hydrogen) atoms. The fraction of sp³-hybridized carbons (Fsp3) is 0.636. The monoisotopic (exact) mass is 317 g/mol. The van der Waals surface area contributed by atoms with Crippen molar-refractivity contribution in [1.82, 2.24) is 9.97 Å². The second kappa shape index (κ2) is 5.09. The van der Waals surface area contributed by atoms with Gasteiger partial charge in [-0.2, -0.15) is 0 Å². The summed E-state index contributed by atoms with van der Waals surface area (Å²) in [5, 5.41) is 3.40. The minimum Gasteiger partial charge on any atom is -0.351 e. The average Bonchev–Trinajstić information content (AvgIpc) is 2.25. The highest BCUT2D eigenvalue weighted by Crippen LogP contribution is 2.25. The maximum atomic E-state index is 4.26. The summed E-state index contributed by atoms with van der Waals surface area (Å²) in [7, 11) is 0. The van der Waals surface area contributed by atoms with Gasteiger partial charge in [-0.15, -0.1) is 0 Å². The first-order valence-electron chi connectivity index (χ1n) is 5.48. The van der Waals surface area contributed by atoms with Crippen LogP contribution < -0.4 is 5.32 Å². The number of nitrogens with one attached hydrogen (secondary N) is 1. The SMILES string of the molecule is CC1CCC(Nc2ncc(I)cn2)CC1. The van der Waals surface area contributed by atoms with E-state index >= 15 is 0 Å². The predicted octanol–water partition coefficient (Wildman–Crippen LogP) is 3.07. The molecule has 1 fully saturated rings. The van der Waals surface area contributed by atoms with Crippen LogP contribution in [0, 0.1) is 9.49 Å². The van der Waals surface area contributed by atoms with Gasteiger partial charge in [-0.3, -0.25) is 0 Å². The highest BCUT2D eigenvalue weighted by atomic mass is 127. The molecule has 1 saturated carbocycles. The van der Waals surface area contributed by atoms with Crippen molar-refractivity contribution in [2.24, 2.45) is 5.92 Å². The minimum absolute atomic E-state index is 0.571. The third-order valence-electron chi connectivity index (χ3n) is 2.97. The maximum absolute atomic E-state index is 4.26. The van der Waals surface area contributed by atoms with E-state index in [9.17, 15) is 0 Å². The largest absolute Gasteiger partial charge is 0.351 e. The van der Waals surface area contributed by atoms with E-state index in [1.807, 2.05) is 12.4 Å². The summed E-state index contributed by atoms with van der Waals surface area (Å²) in [6.45, 7) is 2.33. The Morgan fingerprint density at radius 2 is 1.80 bits per heavy atom. The molecule has 0 amide bonds. The molecule has 4 heteroatoms. The van der Waals surface area contributed by atoms with E-state index in [1.165, 1.54) is 25.7 Å². The average molecular weight is 317 g/mol. The Balaban J connectivity index is 1.89. The van der Waals surface area contributed by atoms with Crippen LogP contribution in [0.25, 0.3) is 0 Å². The van der Waals surface area contributed by atoms with E-state index in [0.29, 0.717) is 6.04 Å². The van der Waals surface area contributed by atoms with Gasteiger partial charge in [0.2, 0.25) is 5.95 Å². The molecule has 1 aromatic heterocycles. The summed E-state index contributed by atoms with van der Waals surface area (Å²) in [6, 6.07) is 0.571. The van der Waals surface area contributed by atoms with Crippen LogP contribution in [0.15, 0.2) is 12.4 Å². The third kappa shape index (κ3) is 3.29. The quantitative estimate of drug-likeness (QED) is 0.852. The molecule has 82 valence electrons. The van der Waals surface area contributed by atoms with Crippen molar-refractivity contribution < 1.29 is 0 Å². The van der Waals surface area contributed by atoms with Gasteiger partial charge in [0.25, 0.3) is 0 Å². The van der Waals surface area contributed by atoms with Crippen LogP contribution in [0.1, 0.15) is 32.6 Å². The lowest BCUT2D eigenvalue weighted by Crippen LogP contribution is -2.26. The van der Waals surface area contributed by atoms with Crippen LogP contribution in [-0.4, -0.2) is 16.0 Å². The Kier molecular flexibility index (Phi) is 3.77. The van der Waals surface area contributed by atoms with Crippen molar-refractivity contribution in [2.75, 3.05) is 5.32 Å². The minimum atomic E-state index is 0.571. The lowest BCUT2D eigenvalue weighted by Gasteiger charge is -2.26. The normalized spacial score (nSPS) is 26.3. The van der Waals surface area contributed by atoms with Gasteiger partial charge in [-0.1, -0.05) is 6.92 Å². The maximum Gasteiger partial charge on any atom is 0.222 e. The van der Waals surface area contributed by atoms with Crippen molar-refractivity contribution in [3.8, 4) is 0 Å². The molecular formula is C11H16IN3. The molecule has 0 radical (unpaired) electrons. The first kappa shape index (κ1) is 11.1. The second-order valence-corrected chi connectivity index (χ2v) is 5.57. The van der Waals surface area contributed by atoms with Crippen LogP contribution in [0.2, 0.25) is 0 Å². The summed E-state index contributed by atoms with van der Waals surface area (Å²) in [6.07, 6.45) is 8.83. The van der Waals surface area contributed by atoms with Crippen LogP contribution >= 0.6 is 22.6 Å². The smallest absolute Gasteiger partial charge is 0.222 e. The number of rotatable bonds is 2. The molecule has 0 aliphatic heterocycles. The molecule has 1 aliphatic carbocycles. The summed E-state index contributed by atoms with van der Waals surface area (Å²) in [5.74, 6) is 1.66. The van der Waals surface area contributed by atoms with Gasteiger partial charge >= 0.3 is 0 Å². The molecule has 1 aromatic rings. The van der Waals surface area contributed by atoms with Crippen molar-refractivity contribution in [3.05, 3.63) is 16.0 Å². The molecule has 1 N–H and O–H groups in total. The van der Waals surface area contributed by atoms with Gasteiger partial charge in [0.05, 0.1) is 0 Å². The van der Waals surface area contributed by atoms with Crippen molar-refractivity contribution in [2.45, 2.75) is 38.6 Å². The van der Waals surface area contributed by atoms with E-state index in [-0.39, 0.29) is 0 Å². The van der Waals surface area contributed by atoms with E-state index in [0.717, 1.165) is 15.4 Å². The predicted molar refractivity (Wildman–Crippen MR) is 69.8 cm³/mol. The van der Waals surface area contributed by atoms with Gasteiger partial charge < -0.3 is 5.32 Å². The summed E-state index contributed by atoms with van der Waals surface area (Å²) >= 11 is 2.22. The van der Waals surface area contributed by atoms with Crippen LogP contribution in [0.5, 0.6) is 0 Å². The highest BCUT2D eigenvalue weighted by Gasteiger charge is 2.18. The molecule has 0 atom stereocenters. The fourth-order valence-electron chi connectivity index (χ4n) is 1.97. The van der Waals surface area contributed by atoms with E-state index in [4.69, 9.17) is 0 Å². The molecule has 0 unspecified atom stereocenters. The number of hydrogen-bond donors (Lipinski definition) is 1. The van der Waals surface area contributed by atoms with Gasteiger partial charge in [-0.05, 0) is 54.2 Å². The van der Waals surface area contributed by atoms with Crippen LogP contribution in [0.3, 0.4) is 0 Å². The summed E-state index contributed by atoms with van der Waals surface area (Å²) in [4.78, 5) is 8.52. The zero-order valence-corrected chi connectivity index (χ0v) is 11.1. The molecule has 2 rings (SSSR count). The Morgan fingerprint density at radius 1 is 1.20 bits per heavy atom. The zero-order valence-electron chi connectivity index (χ0n) is 8.91. The topological polar surface area (TPSA) is 37.8 Å². The van der Waals surface area contributed by atoms with Crippen molar-refractivity contribution in [1.29, 1.82) is 0 Å². The van der Waals surface area contributed by atoms with Crippen molar-refractivity contribution >= 4 is 28.5 Å². The molecule has 0 bridgehead atoms. The van der Waals surface area contributed by atoms with Gasteiger partial charge in [0.15, 0.2) is 0 Å². The molecule has 0 aromatic carbocycles. The standard InChI is InChI=1S/C11H16IN3/c1-8-2-4-10(5-3-8)15-11-13-6-9(12)7-14-11/h6-8,10H,2-5H2,1H3,(H,13,14,15). The van der Waals surface area contributed by atoms with Gasteiger partial charge in [0, 0.05) is 22.0 Å². The van der Waals surface area contributed by atoms with Crippen molar-refractivity contribution in [3.63, 3.8) is 0 Å². The number of nitrogens with zero attached hydrogens (tertiary/aromatic N) is 2. The molecule has 0 spiro atoms. The number of halogens is 1. The lowest BCUT2D eigenvalue weighted by atomic mass is 9.87. The van der Waals surface area contributed by atoms with E-state index < -0.39 is 0 Å². The zero-order chi connectivity index (χ0) is 10.7. The van der Waals surface area contributed by atoms with Gasteiger partial charge in [0.1, 0.15) is 0 Å². The van der Waals surface area contributed by atoms with E-state index in [2.05, 4.69) is 44.8 Å². The highest BCUT2D eigenvalue weighted by molar-refractivity contribution is 14.1. The second-order valence-electron chi connectivity index (χ2n) is 4.33. The Hall–Kier alpha value is -0.390. The molecule has 1 heterocycles. The molecular weight excluding hydrogens is 301 g/mol. The van der Waals surface area contributed by atoms with Crippen LogP contribution in [0.4, 0.5) is 5.95 Å². The number of hydrogen-bond acceptors (Lipinski definition) is 3. The summed E-state index contributed by atoms with van der Waals surface area (Å²) < 4.78 is 1.08. The summed E-state index contributed by atoms with van der Waals surface area (Å²) in [5.41, 5.74) is 0. The number of aromatic nitrogens is 2. The lowest BCUT2D eigenvalue weighted by molar-refractivity contribution is 0.360. The Labute approximate surface area is 104 Å². The number of anilines is 1. The van der Waals surface area contributed by atoms with Gasteiger partial charge in [-0.25, -0.2) is 9.97 Å². The van der Waals surface area contributed by atoms with E-state index in [1.54, 1.807) is 0 Å². The molecule has 1 aliphatic rings. The molecule has 3 nitrogen and oxygen atoms in total. The first-order chi connectivity index (χ1) is 7.24. The molecule has 0 saturated heterocycles. The Morgan fingerprint density at radius 3 is 2.40 bits per heavy atom. The first-order valence-corrected chi connectivity index (χ1v) is 6.56. The third-order valence-corrected chi connectivity index (χ3v) is 3.53.